The van der Waals surface area contributed by atoms with Gasteiger partial charge in [0.05, 0.1) is 29.0 Å². The second-order valence-electron chi connectivity index (χ2n) is 8.31. The quantitative estimate of drug-likeness (QED) is 0.414. The fourth-order valence-electron chi connectivity index (χ4n) is 4.54. The third-order valence-corrected chi connectivity index (χ3v) is 6.26. The monoisotopic (exact) mass is 436 g/mol. The van der Waals surface area contributed by atoms with E-state index in [-0.39, 0.29) is 28.7 Å². The van der Waals surface area contributed by atoms with Crippen molar-refractivity contribution in [3.63, 3.8) is 0 Å². The Morgan fingerprint density at radius 3 is 2.47 bits per heavy atom. The van der Waals surface area contributed by atoms with E-state index in [4.69, 9.17) is 4.52 Å². The predicted octanol–water partition coefficient (Wildman–Crippen LogP) is 5.42. The standard InChI is InChI=1S/C24H22F2N4O2/c1-12-8-20(32-29-12)14-9-16(25)22(17(26)10-14)23-21(13-4-5-13)24(31)30(23)15-6-7-18(27-2)19(11-15)28-3/h6-11,13,21,23,27H,3-5H2,1-2H3. The molecular formula is C24H22F2N4O2. The van der Waals surface area contributed by atoms with Crippen LogP contribution in [0.5, 0.6) is 0 Å². The minimum absolute atomic E-state index is 0.104. The number of β-lactam (4-membered cyclic amide) rings is 1. The topological polar surface area (TPSA) is 70.7 Å². The summed E-state index contributed by atoms with van der Waals surface area (Å²) in [5, 5.41) is 6.79. The van der Waals surface area contributed by atoms with Gasteiger partial charge in [-0.1, -0.05) is 5.16 Å². The summed E-state index contributed by atoms with van der Waals surface area (Å²) in [4.78, 5) is 18.6. The van der Waals surface area contributed by atoms with Crippen LogP contribution < -0.4 is 10.2 Å². The van der Waals surface area contributed by atoms with Crippen LogP contribution in [0.3, 0.4) is 0 Å². The number of benzene rings is 2. The summed E-state index contributed by atoms with van der Waals surface area (Å²) >= 11 is 0. The molecule has 0 bridgehead atoms. The van der Waals surface area contributed by atoms with Gasteiger partial charge in [-0.25, -0.2) is 8.78 Å². The molecule has 1 amide bonds. The maximum Gasteiger partial charge on any atom is 0.233 e. The third-order valence-electron chi connectivity index (χ3n) is 6.26. The second-order valence-corrected chi connectivity index (χ2v) is 8.31. The Morgan fingerprint density at radius 1 is 1.19 bits per heavy atom. The first-order valence-electron chi connectivity index (χ1n) is 10.5. The third kappa shape index (κ3) is 3.18. The molecule has 1 aliphatic heterocycles. The molecule has 2 atom stereocenters. The van der Waals surface area contributed by atoms with Gasteiger partial charge in [0.1, 0.15) is 11.6 Å². The molecular weight excluding hydrogens is 414 g/mol. The van der Waals surface area contributed by atoms with E-state index >= 15 is 8.78 Å². The van der Waals surface area contributed by atoms with E-state index in [1.807, 2.05) is 0 Å². The van der Waals surface area contributed by atoms with Crippen LogP contribution in [-0.2, 0) is 4.79 Å². The van der Waals surface area contributed by atoms with E-state index < -0.39 is 23.6 Å². The fourth-order valence-corrected chi connectivity index (χ4v) is 4.54. The molecule has 2 fully saturated rings. The number of halogens is 2. The molecule has 6 nitrogen and oxygen atoms in total. The van der Waals surface area contributed by atoms with Gasteiger partial charge in [-0.05, 0) is 62.7 Å². The Hall–Kier alpha value is -3.55. The smallest absolute Gasteiger partial charge is 0.233 e. The maximum absolute atomic E-state index is 15.3. The summed E-state index contributed by atoms with van der Waals surface area (Å²) in [6.45, 7) is 5.31. The number of rotatable bonds is 6. The summed E-state index contributed by atoms with van der Waals surface area (Å²) < 4.78 is 35.8. The van der Waals surface area contributed by atoms with Crippen LogP contribution in [0.15, 0.2) is 45.9 Å². The van der Waals surface area contributed by atoms with Crippen LogP contribution >= 0.6 is 0 Å². The Balaban J connectivity index is 1.58. The minimum atomic E-state index is -0.724. The predicted molar refractivity (Wildman–Crippen MR) is 118 cm³/mol. The van der Waals surface area contributed by atoms with Crippen LogP contribution in [0.2, 0.25) is 0 Å². The molecule has 164 valence electrons. The van der Waals surface area contributed by atoms with Crippen LogP contribution in [0.1, 0.15) is 30.1 Å². The number of anilines is 2. The van der Waals surface area contributed by atoms with Crippen molar-refractivity contribution in [1.29, 1.82) is 0 Å². The zero-order valence-electron chi connectivity index (χ0n) is 17.7. The molecule has 2 aromatic carbocycles. The Labute approximate surface area is 183 Å². The number of nitrogens with one attached hydrogen (secondary N) is 1. The second kappa shape index (κ2) is 7.55. The minimum Gasteiger partial charge on any atom is -0.386 e. The number of hydrogen-bond donors (Lipinski definition) is 1. The number of carbonyl (C=O) groups is 1. The molecule has 8 heteroatoms. The molecule has 2 aliphatic rings. The van der Waals surface area contributed by atoms with E-state index in [9.17, 15) is 4.79 Å². The summed E-state index contributed by atoms with van der Waals surface area (Å²) in [6.07, 6.45) is 1.77. The van der Waals surface area contributed by atoms with E-state index in [0.717, 1.165) is 18.5 Å². The fraction of sp³-hybridized carbons (Fsp3) is 0.292. The molecule has 1 N–H and O–H groups in total. The summed E-state index contributed by atoms with van der Waals surface area (Å²) in [6, 6.07) is 8.60. The van der Waals surface area contributed by atoms with Gasteiger partial charge in [0.2, 0.25) is 5.91 Å². The molecule has 0 spiro atoms. The maximum atomic E-state index is 15.3. The van der Waals surface area contributed by atoms with Gasteiger partial charge >= 0.3 is 0 Å². The largest absolute Gasteiger partial charge is 0.386 e. The first-order valence-corrected chi connectivity index (χ1v) is 10.5. The Kier molecular flexibility index (Phi) is 4.80. The van der Waals surface area contributed by atoms with E-state index in [1.54, 1.807) is 38.2 Å². The highest BCUT2D eigenvalue weighted by Crippen LogP contribution is 2.55. The van der Waals surface area contributed by atoms with Gasteiger partial charge in [0.25, 0.3) is 0 Å². The number of nitrogens with zero attached hydrogens (tertiary/aromatic N) is 3. The van der Waals surface area contributed by atoms with E-state index in [1.165, 1.54) is 17.0 Å². The Morgan fingerprint density at radius 2 is 1.91 bits per heavy atom. The van der Waals surface area contributed by atoms with Crippen LogP contribution in [0, 0.1) is 30.4 Å². The van der Waals surface area contributed by atoms with Gasteiger partial charge < -0.3 is 14.7 Å². The highest BCUT2D eigenvalue weighted by Gasteiger charge is 2.56. The first kappa shape index (κ1) is 20.4. The number of hydrogen-bond acceptors (Lipinski definition) is 5. The number of aromatic nitrogens is 1. The first-order chi connectivity index (χ1) is 15.4. The van der Waals surface area contributed by atoms with Crippen LogP contribution in [-0.4, -0.2) is 24.8 Å². The van der Waals surface area contributed by atoms with Gasteiger partial charge in [-0.15, -0.1) is 0 Å². The van der Waals surface area contributed by atoms with Gasteiger partial charge in [-0.3, -0.25) is 9.79 Å². The highest BCUT2D eigenvalue weighted by atomic mass is 19.1. The van der Waals surface area contributed by atoms with Crippen molar-refractivity contribution in [1.82, 2.24) is 5.16 Å². The summed E-state index contributed by atoms with van der Waals surface area (Å²) in [5.74, 6) is -1.56. The molecule has 1 aliphatic carbocycles. The summed E-state index contributed by atoms with van der Waals surface area (Å²) in [7, 11) is 1.76. The highest BCUT2D eigenvalue weighted by molar-refractivity contribution is 6.04. The number of carbonyl (C=O) groups excluding carboxylic acids is 1. The van der Waals surface area contributed by atoms with Crippen molar-refractivity contribution in [2.45, 2.75) is 25.8 Å². The lowest BCUT2D eigenvalue weighted by Crippen LogP contribution is -2.56. The van der Waals surface area contributed by atoms with E-state index in [2.05, 4.69) is 22.2 Å². The normalized spacial score (nSPS) is 20.2. The van der Waals surface area contributed by atoms with E-state index in [0.29, 0.717) is 17.1 Å². The number of aryl methyl sites for hydroxylation is 1. The van der Waals surface area contributed by atoms with Crippen LogP contribution in [0.25, 0.3) is 11.3 Å². The lowest BCUT2D eigenvalue weighted by Gasteiger charge is -2.48. The van der Waals surface area contributed by atoms with Crippen molar-refractivity contribution in [3.8, 4) is 11.3 Å². The Bertz CT molecular complexity index is 1210. The lowest BCUT2D eigenvalue weighted by molar-refractivity contribution is -0.131. The van der Waals surface area contributed by atoms with Gasteiger partial charge in [-0.2, -0.15) is 0 Å². The van der Waals surface area contributed by atoms with Crippen LogP contribution in [0.4, 0.5) is 25.8 Å². The van der Waals surface area contributed by atoms with Crippen molar-refractivity contribution in [2.75, 3.05) is 17.3 Å². The van der Waals surface area contributed by atoms with Crippen molar-refractivity contribution in [3.05, 3.63) is 59.3 Å². The number of aliphatic imine (C=N–C) groups is 1. The zero-order valence-corrected chi connectivity index (χ0v) is 17.7. The number of amides is 1. The van der Waals surface area contributed by atoms with Gasteiger partial charge in [0.15, 0.2) is 5.76 Å². The molecule has 3 aromatic rings. The molecule has 32 heavy (non-hydrogen) atoms. The molecule has 2 heterocycles. The SMILES string of the molecule is C=Nc1cc(N2C(=O)C(C3CC3)C2c2c(F)cc(-c3cc(C)no3)cc2F)ccc1NC. The van der Waals surface area contributed by atoms with Crippen molar-refractivity contribution in [2.24, 2.45) is 16.8 Å². The average Bonchev–Trinajstić information content (AvgIpc) is 3.50. The molecule has 5 rings (SSSR count). The summed E-state index contributed by atoms with van der Waals surface area (Å²) in [5.41, 5.74) is 2.62. The lowest BCUT2D eigenvalue weighted by atomic mass is 9.78. The molecule has 1 aromatic heterocycles. The average molecular weight is 436 g/mol. The van der Waals surface area contributed by atoms with Gasteiger partial charge in [0, 0.05) is 29.9 Å². The molecule has 1 saturated carbocycles. The molecule has 1 saturated heterocycles. The molecule has 2 unspecified atom stereocenters. The van der Waals surface area contributed by atoms with Crippen molar-refractivity contribution >= 4 is 29.7 Å². The molecule has 0 radical (unpaired) electrons. The van der Waals surface area contributed by atoms with Crippen molar-refractivity contribution < 1.29 is 18.1 Å². The zero-order chi connectivity index (χ0) is 22.6.